The van der Waals surface area contributed by atoms with Crippen LogP contribution in [0.3, 0.4) is 0 Å². The van der Waals surface area contributed by atoms with Crippen molar-refractivity contribution in [2.75, 3.05) is 25.4 Å². The van der Waals surface area contributed by atoms with Crippen LogP contribution in [0.4, 0.5) is 5.82 Å². The number of likely N-dealkylation sites (tertiary alicyclic amines) is 1. The molecule has 2 aromatic heterocycles. The molecular weight excluding hydrogens is 526 g/mol. The number of carbonyl (C=O) groups is 1. The van der Waals surface area contributed by atoms with Crippen molar-refractivity contribution in [2.45, 2.75) is 25.4 Å². The highest BCUT2D eigenvalue weighted by Crippen LogP contribution is 2.35. The van der Waals surface area contributed by atoms with Gasteiger partial charge in [0.25, 0.3) is 5.91 Å². The lowest BCUT2D eigenvalue weighted by molar-refractivity contribution is -0.128. The molecule has 3 heterocycles. The number of benzene rings is 3. The number of fused-ring (bicyclic) bond motifs is 1. The number of nitrogen functional groups attached to an aromatic ring is 1. The summed E-state index contributed by atoms with van der Waals surface area (Å²) in [5.41, 5.74) is 10.3. The molecule has 1 aliphatic rings. The molecule has 0 saturated carbocycles. The third-order valence-electron chi connectivity index (χ3n) is 7.47. The number of carbonyl (C=O) groups excluding carboxylic acids is 1. The van der Waals surface area contributed by atoms with Gasteiger partial charge >= 0.3 is 0 Å². The van der Waals surface area contributed by atoms with E-state index in [1.165, 1.54) is 6.33 Å². The lowest BCUT2D eigenvalue weighted by Crippen LogP contribution is -2.42. The van der Waals surface area contributed by atoms with Crippen molar-refractivity contribution in [1.82, 2.24) is 30.0 Å². The molecule has 1 aliphatic heterocycles. The molecule has 3 N–H and O–H groups in total. The fourth-order valence-corrected chi connectivity index (χ4v) is 5.35. The summed E-state index contributed by atoms with van der Waals surface area (Å²) in [7, 11) is 0. The molecule has 3 aromatic carbocycles. The number of nitrogens with zero attached hydrogens (tertiary/aromatic N) is 5. The Balaban J connectivity index is 1.19. The van der Waals surface area contributed by atoms with Crippen molar-refractivity contribution in [3.05, 3.63) is 109 Å². The first kappa shape index (κ1) is 27.2. The van der Waals surface area contributed by atoms with Gasteiger partial charge in [0, 0.05) is 37.3 Å². The Morgan fingerprint density at radius 1 is 0.976 bits per heavy atom. The van der Waals surface area contributed by atoms with Crippen LogP contribution in [0.25, 0.3) is 22.3 Å². The molecule has 1 amide bonds. The highest BCUT2D eigenvalue weighted by atomic mass is 16.5. The average molecular weight is 560 g/mol. The second-order valence-electron chi connectivity index (χ2n) is 10.4. The van der Waals surface area contributed by atoms with E-state index in [9.17, 15) is 4.79 Å². The van der Waals surface area contributed by atoms with Crippen LogP contribution in [0.15, 0.2) is 103 Å². The molecule has 0 spiro atoms. The first-order valence-electron chi connectivity index (χ1n) is 14.1. The van der Waals surface area contributed by atoms with Gasteiger partial charge in [-0.1, -0.05) is 55.1 Å². The van der Waals surface area contributed by atoms with Gasteiger partial charge in [0.05, 0.1) is 11.4 Å². The third kappa shape index (κ3) is 5.87. The molecule has 9 heteroatoms. The molecule has 42 heavy (non-hydrogen) atoms. The number of amides is 1. The van der Waals surface area contributed by atoms with E-state index in [0.29, 0.717) is 54.3 Å². The molecular formula is C33H33N7O2. The van der Waals surface area contributed by atoms with E-state index in [2.05, 4.69) is 34.0 Å². The van der Waals surface area contributed by atoms with E-state index >= 15 is 0 Å². The van der Waals surface area contributed by atoms with Crippen LogP contribution in [0.5, 0.6) is 11.5 Å². The van der Waals surface area contributed by atoms with Gasteiger partial charge in [0.1, 0.15) is 29.3 Å². The summed E-state index contributed by atoms with van der Waals surface area (Å²) in [6, 6.07) is 27.4. The molecule has 1 fully saturated rings. The van der Waals surface area contributed by atoms with Gasteiger partial charge in [-0.15, -0.1) is 0 Å². The molecule has 6 rings (SSSR count). The van der Waals surface area contributed by atoms with Gasteiger partial charge in [-0.2, -0.15) is 5.10 Å². The minimum absolute atomic E-state index is 0.0416. The normalized spacial score (nSPS) is 15.0. The first-order valence-corrected chi connectivity index (χ1v) is 14.1. The van der Waals surface area contributed by atoms with Crippen molar-refractivity contribution in [2.24, 2.45) is 0 Å². The van der Waals surface area contributed by atoms with Gasteiger partial charge in [0.15, 0.2) is 5.65 Å². The van der Waals surface area contributed by atoms with Crippen molar-refractivity contribution in [3.63, 3.8) is 0 Å². The molecule has 0 unspecified atom stereocenters. The number of rotatable bonds is 9. The molecule has 5 aromatic rings. The monoisotopic (exact) mass is 559 g/mol. The third-order valence-corrected chi connectivity index (χ3v) is 7.47. The summed E-state index contributed by atoms with van der Waals surface area (Å²) >= 11 is 0. The van der Waals surface area contributed by atoms with Crippen LogP contribution in [0, 0.1) is 0 Å². The number of nitrogens with one attached hydrogen (secondary N) is 1. The second-order valence-corrected chi connectivity index (χ2v) is 10.4. The number of piperidine rings is 1. The molecule has 1 atom stereocenters. The number of ether oxygens (including phenoxy) is 1. The Bertz CT molecular complexity index is 1680. The zero-order valence-electron chi connectivity index (χ0n) is 23.3. The summed E-state index contributed by atoms with van der Waals surface area (Å²) in [6.45, 7) is 6.37. The van der Waals surface area contributed by atoms with Crippen LogP contribution >= 0.6 is 0 Å². The van der Waals surface area contributed by atoms with Crippen LogP contribution in [-0.4, -0.2) is 50.2 Å². The van der Waals surface area contributed by atoms with Gasteiger partial charge in [0.2, 0.25) is 0 Å². The smallest absolute Gasteiger partial charge is 0.250 e. The quantitative estimate of drug-likeness (QED) is 0.233. The number of hydrogen-bond acceptors (Lipinski definition) is 7. The van der Waals surface area contributed by atoms with Crippen molar-refractivity contribution < 1.29 is 9.53 Å². The Hall–Kier alpha value is -5.02. The maximum atomic E-state index is 13.3. The van der Waals surface area contributed by atoms with E-state index in [-0.39, 0.29) is 11.9 Å². The van der Waals surface area contributed by atoms with E-state index in [1.54, 1.807) is 0 Å². The standard InChI is InChI=1S/C33H33N7O2/c1-23(19-35-20-24-9-4-2-5-10-24)33(41)39-18-8-11-26(21-39)40-32-29(31(34)36-22-37-32)30(38-40)25-14-16-28(17-15-25)42-27-12-6-3-7-13-27/h2-7,9-10,12-17,22,26,35H,1,8,11,18-21H2,(H2,34,36,37)/t26-/m1/s1. The van der Waals surface area contributed by atoms with Crippen molar-refractivity contribution in [3.8, 4) is 22.8 Å². The second kappa shape index (κ2) is 12.2. The predicted molar refractivity (Wildman–Crippen MR) is 164 cm³/mol. The number of aromatic nitrogens is 4. The first-order chi connectivity index (χ1) is 20.6. The maximum absolute atomic E-state index is 13.3. The molecule has 9 nitrogen and oxygen atoms in total. The number of para-hydroxylation sites is 1. The van der Waals surface area contributed by atoms with Crippen molar-refractivity contribution >= 4 is 22.8 Å². The summed E-state index contributed by atoms with van der Waals surface area (Å²) < 4.78 is 7.87. The Morgan fingerprint density at radius 2 is 1.69 bits per heavy atom. The number of anilines is 1. The summed E-state index contributed by atoms with van der Waals surface area (Å²) in [6.07, 6.45) is 3.18. The van der Waals surface area contributed by atoms with Crippen molar-refractivity contribution in [1.29, 1.82) is 0 Å². The summed E-state index contributed by atoms with van der Waals surface area (Å²) in [4.78, 5) is 24.0. The van der Waals surface area contributed by atoms with Gasteiger partial charge in [-0.25, -0.2) is 14.6 Å². The highest BCUT2D eigenvalue weighted by molar-refractivity contribution is 5.98. The average Bonchev–Trinajstić information content (AvgIpc) is 3.43. The summed E-state index contributed by atoms with van der Waals surface area (Å²) in [5.74, 6) is 1.81. The largest absolute Gasteiger partial charge is 0.457 e. The lowest BCUT2D eigenvalue weighted by atomic mass is 10.0. The predicted octanol–water partition coefficient (Wildman–Crippen LogP) is 5.38. The minimum Gasteiger partial charge on any atom is -0.457 e. The Morgan fingerprint density at radius 3 is 2.45 bits per heavy atom. The van der Waals surface area contributed by atoms with Gasteiger partial charge < -0.3 is 20.7 Å². The summed E-state index contributed by atoms with van der Waals surface area (Å²) in [5, 5.41) is 9.03. The van der Waals surface area contributed by atoms with Gasteiger partial charge in [-0.3, -0.25) is 4.79 Å². The molecule has 1 saturated heterocycles. The van der Waals surface area contributed by atoms with E-state index < -0.39 is 0 Å². The van der Waals surface area contributed by atoms with E-state index in [1.807, 2.05) is 82.4 Å². The minimum atomic E-state index is -0.0565. The van der Waals surface area contributed by atoms with E-state index in [0.717, 1.165) is 35.5 Å². The Kier molecular flexibility index (Phi) is 7.91. The van der Waals surface area contributed by atoms with Crippen LogP contribution in [0.2, 0.25) is 0 Å². The fourth-order valence-electron chi connectivity index (χ4n) is 5.35. The maximum Gasteiger partial charge on any atom is 0.250 e. The molecule has 0 bridgehead atoms. The van der Waals surface area contributed by atoms with Crippen LogP contribution in [0.1, 0.15) is 24.4 Å². The number of nitrogens with two attached hydrogens (primary N) is 1. The molecule has 0 aliphatic carbocycles. The van der Waals surface area contributed by atoms with Crippen LogP contribution < -0.4 is 15.8 Å². The Labute approximate surface area is 244 Å². The molecule has 0 radical (unpaired) electrons. The SMILES string of the molecule is C=C(CNCc1ccccc1)C(=O)N1CCC[C@@H](n2nc(-c3ccc(Oc4ccccc4)cc3)c3c(N)ncnc32)C1. The zero-order valence-corrected chi connectivity index (χ0v) is 23.3. The zero-order chi connectivity index (χ0) is 28.9. The van der Waals surface area contributed by atoms with Gasteiger partial charge in [-0.05, 0) is 54.8 Å². The van der Waals surface area contributed by atoms with E-state index in [4.69, 9.17) is 15.6 Å². The fraction of sp³-hybridized carbons (Fsp3) is 0.212. The lowest BCUT2D eigenvalue weighted by Gasteiger charge is -2.33. The number of hydrogen-bond donors (Lipinski definition) is 2. The molecule has 212 valence electrons. The highest BCUT2D eigenvalue weighted by Gasteiger charge is 2.29. The van der Waals surface area contributed by atoms with Crippen LogP contribution in [-0.2, 0) is 11.3 Å². The topological polar surface area (TPSA) is 111 Å².